The van der Waals surface area contributed by atoms with Crippen molar-refractivity contribution in [2.45, 2.75) is 0 Å². The fraction of sp³-hybridized carbons (Fsp3) is 0. The summed E-state index contributed by atoms with van der Waals surface area (Å²) in [6.07, 6.45) is 1.28. The fourth-order valence-electron chi connectivity index (χ4n) is 1.58. The summed E-state index contributed by atoms with van der Waals surface area (Å²) in [6, 6.07) is 7.73. The number of anilines is 1. The highest BCUT2D eigenvalue weighted by molar-refractivity contribution is 6.35. The van der Waals surface area contributed by atoms with Crippen molar-refractivity contribution in [3.63, 3.8) is 0 Å². The van der Waals surface area contributed by atoms with Gasteiger partial charge in [-0.15, -0.1) is 0 Å². The normalized spacial score (nSPS) is 10.1. The van der Waals surface area contributed by atoms with E-state index in [9.17, 15) is 9.59 Å². The molecule has 0 unspecified atom stereocenters. The molecule has 3 N–H and O–H groups in total. The SMILES string of the molecule is NC(=O)c1ccccc1NC(=O)c1cc(Cl)ncc1Cl. The van der Waals surface area contributed by atoms with Gasteiger partial charge in [0, 0.05) is 6.20 Å². The number of rotatable bonds is 3. The lowest BCUT2D eigenvalue weighted by Gasteiger charge is -2.09. The Bertz CT molecular complexity index is 689. The number of nitrogens with two attached hydrogens (primary N) is 1. The third-order valence-electron chi connectivity index (χ3n) is 2.51. The predicted octanol–water partition coefficient (Wildman–Crippen LogP) is 2.74. The lowest BCUT2D eigenvalue weighted by molar-refractivity contribution is 0.100. The molecule has 7 heteroatoms. The number of nitrogens with one attached hydrogen (secondary N) is 1. The minimum Gasteiger partial charge on any atom is -0.366 e. The Morgan fingerprint density at radius 3 is 2.55 bits per heavy atom. The summed E-state index contributed by atoms with van der Waals surface area (Å²) < 4.78 is 0. The Kier molecular flexibility index (Phi) is 4.22. The summed E-state index contributed by atoms with van der Waals surface area (Å²) in [5, 5.41) is 2.86. The van der Waals surface area contributed by atoms with Gasteiger partial charge in [0.1, 0.15) is 5.15 Å². The van der Waals surface area contributed by atoms with Gasteiger partial charge in [-0.1, -0.05) is 35.3 Å². The number of halogens is 2. The highest BCUT2D eigenvalue weighted by Crippen LogP contribution is 2.21. The van der Waals surface area contributed by atoms with Crippen LogP contribution < -0.4 is 11.1 Å². The maximum Gasteiger partial charge on any atom is 0.257 e. The van der Waals surface area contributed by atoms with Crippen molar-refractivity contribution in [2.75, 3.05) is 5.32 Å². The molecule has 2 aromatic rings. The molecule has 0 spiro atoms. The number of carbonyl (C=O) groups excluding carboxylic acids is 2. The lowest BCUT2D eigenvalue weighted by atomic mass is 10.1. The van der Waals surface area contributed by atoms with Crippen molar-refractivity contribution >= 4 is 40.7 Å². The first kappa shape index (κ1) is 14.3. The summed E-state index contributed by atoms with van der Waals surface area (Å²) >= 11 is 11.6. The minimum atomic E-state index is -0.639. The van der Waals surface area contributed by atoms with Crippen molar-refractivity contribution in [2.24, 2.45) is 5.73 Å². The second-order valence-corrected chi connectivity index (χ2v) is 4.65. The molecule has 2 rings (SSSR count). The van der Waals surface area contributed by atoms with Crippen LogP contribution in [0.4, 0.5) is 5.69 Å². The van der Waals surface area contributed by atoms with E-state index in [2.05, 4.69) is 10.3 Å². The van der Waals surface area contributed by atoms with Crippen LogP contribution in [0.15, 0.2) is 36.5 Å². The van der Waals surface area contributed by atoms with Gasteiger partial charge in [0.05, 0.1) is 21.8 Å². The largest absolute Gasteiger partial charge is 0.366 e. The van der Waals surface area contributed by atoms with Crippen LogP contribution in [0.3, 0.4) is 0 Å². The first-order valence-corrected chi connectivity index (χ1v) is 6.26. The zero-order valence-corrected chi connectivity index (χ0v) is 11.6. The summed E-state index contributed by atoms with van der Waals surface area (Å²) in [5.74, 6) is -1.15. The van der Waals surface area contributed by atoms with Gasteiger partial charge in [0.15, 0.2) is 0 Å². The van der Waals surface area contributed by atoms with E-state index >= 15 is 0 Å². The standard InChI is InChI=1S/C13H9Cl2N3O2/c14-9-6-17-11(15)5-8(9)13(20)18-10-4-2-1-3-7(10)12(16)19/h1-6H,(H2,16,19)(H,18,20). The van der Waals surface area contributed by atoms with Gasteiger partial charge in [0.25, 0.3) is 11.8 Å². The van der Waals surface area contributed by atoms with Crippen LogP contribution in [0.1, 0.15) is 20.7 Å². The Morgan fingerprint density at radius 2 is 1.85 bits per heavy atom. The van der Waals surface area contributed by atoms with Crippen LogP contribution >= 0.6 is 23.2 Å². The zero-order valence-electron chi connectivity index (χ0n) is 10.1. The number of nitrogens with zero attached hydrogens (tertiary/aromatic N) is 1. The number of primary amides is 1. The number of benzene rings is 1. The van der Waals surface area contributed by atoms with Gasteiger partial charge < -0.3 is 11.1 Å². The third kappa shape index (κ3) is 3.07. The number of amides is 2. The molecule has 0 aliphatic carbocycles. The topological polar surface area (TPSA) is 85.1 Å². The van der Waals surface area contributed by atoms with E-state index in [0.29, 0.717) is 5.69 Å². The number of hydrogen-bond donors (Lipinski definition) is 2. The van der Waals surface area contributed by atoms with Crippen LogP contribution in [0, 0.1) is 0 Å². The monoisotopic (exact) mass is 309 g/mol. The maximum absolute atomic E-state index is 12.1. The quantitative estimate of drug-likeness (QED) is 0.855. The molecule has 1 aromatic carbocycles. The highest BCUT2D eigenvalue weighted by Gasteiger charge is 2.15. The van der Waals surface area contributed by atoms with E-state index in [0.717, 1.165) is 0 Å². The average molecular weight is 310 g/mol. The van der Waals surface area contributed by atoms with Crippen LogP contribution in [0.25, 0.3) is 0 Å². The van der Waals surface area contributed by atoms with E-state index in [4.69, 9.17) is 28.9 Å². The zero-order chi connectivity index (χ0) is 14.7. The molecule has 0 bridgehead atoms. The molecule has 0 fully saturated rings. The van der Waals surface area contributed by atoms with Crippen LogP contribution in [-0.2, 0) is 0 Å². The van der Waals surface area contributed by atoms with Gasteiger partial charge in [-0.2, -0.15) is 0 Å². The Balaban J connectivity index is 2.33. The van der Waals surface area contributed by atoms with E-state index in [1.807, 2.05) is 0 Å². The summed E-state index contributed by atoms with van der Waals surface area (Å²) in [5.41, 5.74) is 5.90. The van der Waals surface area contributed by atoms with Gasteiger partial charge in [-0.05, 0) is 18.2 Å². The van der Waals surface area contributed by atoms with Crippen molar-refractivity contribution < 1.29 is 9.59 Å². The first-order valence-electron chi connectivity index (χ1n) is 5.50. The Hall–Kier alpha value is -2.11. The molecule has 0 radical (unpaired) electrons. The summed E-state index contributed by atoms with van der Waals surface area (Å²) in [4.78, 5) is 27.2. The molecule has 1 aromatic heterocycles. The molecule has 0 aliphatic heterocycles. The Labute approximate surface area is 124 Å². The number of hydrogen-bond acceptors (Lipinski definition) is 3. The second-order valence-electron chi connectivity index (χ2n) is 3.85. The lowest BCUT2D eigenvalue weighted by Crippen LogP contribution is -2.18. The smallest absolute Gasteiger partial charge is 0.257 e. The molecule has 5 nitrogen and oxygen atoms in total. The third-order valence-corrected chi connectivity index (χ3v) is 3.02. The van der Waals surface area contributed by atoms with Crippen molar-refractivity contribution in [1.29, 1.82) is 0 Å². The van der Waals surface area contributed by atoms with Crippen LogP contribution in [0.2, 0.25) is 10.2 Å². The van der Waals surface area contributed by atoms with Crippen molar-refractivity contribution in [3.8, 4) is 0 Å². The number of carbonyl (C=O) groups is 2. The predicted molar refractivity (Wildman–Crippen MR) is 77.2 cm³/mol. The maximum atomic E-state index is 12.1. The van der Waals surface area contributed by atoms with E-state index < -0.39 is 11.8 Å². The van der Waals surface area contributed by atoms with Crippen LogP contribution in [-0.4, -0.2) is 16.8 Å². The van der Waals surface area contributed by atoms with E-state index in [1.165, 1.54) is 18.3 Å². The molecule has 0 saturated heterocycles. The Morgan fingerprint density at radius 1 is 1.15 bits per heavy atom. The molecule has 0 atom stereocenters. The molecule has 0 saturated carbocycles. The highest BCUT2D eigenvalue weighted by atomic mass is 35.5. The summed E-state index contributed by atoms with van der Waals surface area (Å²) in [6.45, 7) is 0. The molecular formula is C13H9Cl2N3O2. The van der Waals surface area contributed by atoms with Gasteiger partial charge >= 0.3 is 0 Å². The second kappa shape index (κ2) is 5.90. The molecular weight excluding hydrogens is 301 g/mol. The molecule has 0 aliphatic rings. The van der Waals surface area contributed by atoms with Crippen LogP contribution in [0.5, 0.6) is 0 Å². The van der Waals surface area contributed by atoms with E-state index in [-0.39, 0.29) is 21.3 Å². The number of para-hydroxylation sites is 1. The average Bonchev–Trinajstić information content (AvgIpc) is 2.41. The number of pyridine rings is 1. The fourth-order valence-corrected chi connectivity index (χ4v) is 1.93. The number of aromatic nitrogens is 1. The minimum absolute atomic E-state index is 0.141. The van der Waals surface area contributed by atoms with E-state index in [1.54, 1.807) is 18.2 Å². The van der Waals surface area contributed by atoms with Gasteiger partial charge in [0.2, 0.25) is 0 Å². The van der Waals surface area contributed by atoms with Gasteiger partial charge in [-0.25, -0.2) is 4.98 Å². The van der Waals surface area contributed by atoms with Crippen molar-refractivity contribution in [3.05, 3.63) is 57.8 Å². The van der Waals surface area contributed by atoms with Gasteiger partial charge in [-0.3, -0.25) is 9.59 Å². The summed E-state index contributed by atoms with van der Waals surface area (Å²) in [7, 11) is 0. The first-order chi connectivity index (χ1) is 9.49. The molecule has 102 valence electrons. The van der Waals surface area contributed by atoms with Crippen molar-refractivity contribution in [1.82, 2.24) is 4.98 Å². The molecule has 20 heavy (non-hydrogen) atoms. The molecule has 2 amide bonds. The molecule has 1 heterocycles.